The van der Waals surface area contributed by atoms with E-state index >= 15 is 0 Å². The number of rotatable bonds is 5. The van der Waals surface area contributed by atoms with E-state index in [1.807, 2.05) is 30.3 Å². The van der Waals surface area contributed by atoms with Crippen LogP contribution in [0.1, 0.15) is 30.9 Å². The molecule has 2 aliphatic rings. The van der Waals surface area contributed by atoms with E-state index in [1.165, 1.54) is 10.5 Å². The minimum absolute atomic E-state index is 0.0115. The molecule has 34 heavy (non-hydrogen) atoms. The van der Waals surface area contributed by atoms with Gasteiger partial charge in [-0.25, -0.2) is 13.4 Å². The number of pyridine rings is 1. The highest BCUT2D eigenvalue weighted by Gasteiger charge is 2.38. The van der Waals surface area contributed by atoms with Crippen LogP contribution in [0.5, 0.6) is 0 Å². The highest BCUT2D eigenvalue weighted by atomic mass is 32.2. The number of sulfonamides is 1. The van der Waals surface area contributed by atoms with E-state index in [-0.39, 0.29) is 42.9 Å². The molecule has 3 aromatic rings. The Labute approximate surface area is 198 Å². The Hall–Kier alpha value is -3.24. The Balaban J connectivity index is 1.34. The number of nitrogens with zero attached hydrogens (tertiary/aromatic N) is 4. The van der Waals surface area contributed by atoms with Gasteiger partial charge in [0.05, 0.1) is 0 Å². The molecule has 1 aromatic carbocycles. The number of fused-ring (bicyclic) bond motifs is 1. The summed E-state index contributed by atoms with van der Waals surface area (Å²) in [6.07, 6.45) is 5.23. The monoisotopic (exact) mass is 481 g/mol. The fourth-order valence-electron chi connectivity index (χ4n) is 4.80. The molecule has 178 valence electrons. The maximum atomic E-state index is 13.7. The van der Waals surface area contributed by atoms with E-state index in [0.29, 0.717) is 24.0 Å². The van der Waals surface area contributed by atoms with Crippen molar-refractivity contribution in [3.8, 4) is 0 Å². The van der Waals surface area contributed by atoms with E-state index in [4.69, 9.17) is 0 Å². The van der Waals surface area contributed by atoms with Crippen LogP contribution in [0.4, 0.5) is 0 Å². The van der Waals surface area contributed by atoms with Gasteiger partial charge in [0.1, 0.15) is 16.6 Å². The molecule has 0 spiro atoms. The number of H-pyrrole nitrogens is 1. The molecule has 0 aliphatic carbocycles. The van der Waals surface area contributed by atoms with Crippen molar-refractivity contribution in [2.24, 2.45) is 0 Å². The standard InChI is InChI=1S/C24H27N5O4S/c30-21-10-4-5-12-29(21)22(18-7-2-1-3-8-18)24(31)27-13-15-28(16-14-27)34(32,33)20-17-26-23-19(20)9-6-11-25-23/h1-3,6-9,11,17,22H,4-5,10,12-16H2,(H,25,26). The van der Waals surface area contributed by atoms with Crippen molar-refractivity contribution in [1.29, 1.82) is 0 Å². The molecule has 2 aromatic heterocycles. The van der Waals surface area contributed by atoms with Crippen molar-refractivity contribution in [3.63, 3.8) is 0 Å². The summed E-state index contributed by atoms with van der Waals surface area (Å²) in [6, 6.07) is 12.1. The lowest BCUT2D eigenvalue weighted by molar-refractivity contribution is -0.148. The second-order valence-corrected chi connectivity index (χ2v) is 10.5. The fraction of sp³-hybridized carbons (Fsp3) is 0.375. The molecule has 4 heterocycles. The van der Waals surface area contributed by atoms with Crippen LogP contribution in [-0.2, 0) is 19.6 Å². The molecular formula is C24H27N5O4S. The minimum Gasteiger partial charge on any atom is -0.345 e. The molecule has 1 unspecified atom stereocenters. The Morgan fingerprint density at radius 2 is 1.74 bits per heavy atom. The lowest BCUT2D eigenvalue weighted by atomic mass is 9.99. The van der Waals surface area contributed by atoms with Crippen molar-refractivity contribution < 1.29 is 18.0 Å². The molecular weight excluding hydrogens is 454 g/mol. The van der Waals surface area contributed by atoms with Gasteiger partial charge < -0.3 is 14.8 Å². The molecule has 2 amide bonds. The number of likely N-dealkylation sites (tertiary alicyclic amines) is 1. The Morgan fingerprint density at radius 3 is 2.47 bits per heavy atom. The summed E-state index contributed by atoms with van der Waals surface area (Å²) in [5.41, 5.74) is 1.30. The lowest BCUT2D eigenvalue weighted by Gasteiger charge is -2.40. The number of carbonyl (C=O) groups excluding carboxylic acids is 2. The maximum absolute atomic E-state index is 13.7. The van der Waals surface area contributed by atoms with Crippen LogP contribution in [0.15, 0.2) is 59.8 Å². The van der Waals surface area contributed by atoms with E-state index in [2.05, 4.69) is 9.97 Å². The number of hydrogen-bond acceptors (Lipinski definition) is 5. The number of carbonyl (C=O) groups is 2. The van der Waals surface area contributed by atoms with Crippen molar-refractivity contribution in [1.82, 2.24) is 24.1 Å². The molecule has 2 fully saturated rings. The van der Waals surface area contributed by atoms with Gasteiger partial charge in [0.2, 0.25) is 21.8 Å². The number of benzene rings is 1. The number of aromatic nitrogens is 2. The van der Waals surface area contributed by atoms with Crippen LogP contribution < -0.4 is 0 Å². The molecule has 9 nitrogen and oxygen atoms in total. The zero-order valence-corrected chi connectivity index (χ0v) is 19.6. The maximum Gasteiger partial charge on any atom is 0.250 e. The molecule has 1 N–H and O–H groups in total. The van der Waals surface area contributed by atoms with Crippen molar-refractivity contribution in [2.75, 3.05) is 32.7 Å². The van der Waals surface area contributed by atoms with Crippen LogP contribution in [-0.4, -0.2) is 77.0 Å². The van der Waals surface area contributed by atoms with Crippen LogP contribution in [0.2, 0.25) is 0 Å². The molecule has 10 heteroatoms. The second-order valence-electron chi connectivity index (χ2n) is 8.64. The van der Waals surface area contributed by atoms with Crippen LogP contribution in [0.3, 0.4) is 0 Å². The van der Waals surface area contributed by atoms with Crippen molar-refractivity contribution >= 4 is 32.9 Å². The Morgan fingerprint density at radius 1 is 0.971 bits per heavy atom. The van der Waals surface area contributed by atoms with Crippen LogP contribution in [0, 0.1) is 0 Å². The number of nitrogens with one attached hydrogen (secondary N) is 1. The normalized spacial score (nSPS) is 18.9. The SMILES string of the molecule is O=C(C(c1ccccc1)N1CCCCC1=O)N1CCN(S(=O)(=O)c2c[nH]c3ncccc23)CC1. The van der Waals surface area contributed by atoms with Crippen molar-refractivity contribution in [3.05, 3.63) is 60.4 Å². The van der Waals surface area contributed by atoms with Gasteiger partial charge in [0, 0.05) is 56.9 Å². The topological polar surface area (TPSA) is 107 Å². The molecule has 0 radical (unpaired) electrons. The average molecular weight is 482 g/mol. The van der Waals surface area contributed by atoms with Gasteiger partial charge in [-0.3, -0.25) is 9.59 Å². The lowest BCUT2D eigenvalue weighted by Crippen LogP contribution is -2.54. The van der Waals surface area contributed by atoms with E-state index in [0.717, 1.165) is 18.4 Å². The van der Waals surface area contributed by atoms with Crippen molar-refractivity contribution in [2.45, 2.75) is 30.2 Å². The third-order valence-corrected chi connectivity index (χ3v) is 8.54. The van der Waals surface area contributed by atoms with Gasteiger partial charge in [-0.15, -0.1) is 0 Å². The highest BCUT2D eigenvalue weighted by Crippen LogP contribution is 2.29. The third kappa shape index (κ3) is 4.07. The highest BCUT2D eigenvalue weighted by molar-refractivity contribution is 7.89. The summed E-state index contributed by atoms with van der Waals surface area (Å²) in [6.45, 7) is 1.47. The number of piperidine rings is 1. The van der Waals surface area contributed by atoms with E-state index < -0.39 is 16.1 Å². The number of hydrogen-bond donors (Lipinski definition) is 1. The zero-order valence-electron chi connectivity index (χ0n) is 18.8. The van der Waals surface area contributed by atoms with Gasteiger partial charge in [-0.2, -0.15) is 4.31 Å². The second kappa shape index (κ2) is 9.19. The van der Waals surface area contributed by atoms with Gasteiger partial charge in [-0.05, 0) is 30.5 Å². The van der Waals surface area contributed by atoms with Crippen LogP contribution >= 0.6 is 0 Å². The fourth-order valence-corrected chi connectivity index (χ4v) is 6.37. The van der Waals surface area contributed by atoms with Gasteiger partial charge in [0.25, 0.3) is 0 Å². The first-order chi connectivity index (χ1) is 16.5. The predicted octanol–water partition coefficient (Wildman–Crippen LogP) is 2.15. The number of aromatic amines is 1. The quantitative estimate of drug-likeness (QED) is 0.601. The summed E-state index contributed by atoms with van der Waals surface area (Å²) >= 11 is 0. The first-order valence-corrected chi connectivity index (χ1v) is 13.0. The number of piperazine rings is 1. The smallest absolute Gasteiger partial charge is 0.250 e. The summed E-state index contributed by atoms with van der Waals surface area (Å²) in [4.78, 5) is 37.0. The first kappa shape index (κ1) is 22.5. The van der Waals surface area contributed by atoms with E-state index in [9.17, 15) is 18.0 Å². The number of amides is 2. The largest absolute Gasteiger partial charge is 0.345 e. The predicted molar refractivity (Wildman–Crippen MR) is 126 cm³/mol. The molecule has 0 saturated carbocycles. The summed E-state index contributed by atoms with van der Waals surface area (Å²) < 4.78 is 28.0. The minimum atomic E-state index is -3.74. The summed E-state index contributed by atoms with van der Waals surface area (Å²) in [5, 5.41) is 0.550. The Kier molecular flexibility index (Phi) is 6.09. The van der Waals surface area contributed by atoms with E-state index in [1.54, 1.807) is 28.1 Å². The molecule has 2 saturated heterocycles. The van der Waals surface area contributed by atoms with Gasteiger partial charge in [0.15, 0.2) is 0 Å². The Bertz CT molecular complexity index is 1300. The molecule has 0 bridgehead atoms. The van der Waals surface area contributed by atoms with Crippen LogP contribution in [0.25, 0.3) is 11.0 Å². The zero-order chi connectivity index (χ0) is 23.7. The van der Waals surface area contributed by atoms with Gasteiger partial charge in [-0.1, -0.05) is 30.3 Å². The molecule has 1 atom stereocenters. The van der Waals surface area contributed by atoms with Gasteiger partial charge >= 0.3 is 0 Å². The summed E-state index contributed by atoms with van der Waals surface area (Å²) in [7, 11) is -3.74. The summed E-state index contributed by atoms with van der Waals surface area (Å²) in [5.74, 6) is -0.169. The average Bonchev–Trinajstić information content (AvgIpc) is 3.31. The third-order valence-electron chi connectivity index (χ3n) is 6.60. The first-order valence-electron chi connectivity index (χ1n) is 11.5. The molecule has 5 rings (SSSR count). The molecule has 2 aliphatic heterocycles.